The van der Waals surface area contributed by atoms with Crippen molar-refractivity contribution in [2.75, 3.05) is 13.1 Å². The highest BCUT2D eigenvalue weighted by Crippen LogP contribution is 2.52. The number of carbonyl (C=O) groups excluding carboxylic acids is 2. The fourth-order valence-electron chi connectivity index (χ4n) is 5.44. The largest absolute Gasteiger partial charge is 0.512 e. The van der Waals surface area contributed by atoms with Gasteiger partial charge < -0.3 is 31.3 Å². The fourth-order valence-corrected chi connectivity index (χ4v) is 6.90. The summed E-state index contributed by atoms with van der Waals surface area (Å²) in [5.41, 5.74) is 5.38. The second-order valence-electron chi connectivity index (χ2n) is 9.07. The highest BCUT2D eigenvalue weighted by atomic mass is 32.2. The van der Waals surface area contributed by atoms with Gasteiger partial charge >= 0.3 is 6.16 Å². The number of rotatable bonds is 7. The van der Waals surface area contributed by atoms with Crippen LogP contribution < -0.4 is 16.4 Å². The van der Waals surface area contributed by atoms with Crippen molar-refractivity contribution in [3.8, 4) is 0 Å². The molecule has 0 aliphatic carbocycles. The van der Waals surface area contributed by atoms with Gasteiger partial charge in [0.2, 0.25) is 17.7 Å². The van der Waals surface area contributed by atoms with Gasteiger partial charge in [-0.05, 0) is 38.6 Å². The number of hydrogen-bond donors (Lipinski definition) is 5. The lowest BCUT2D eigenvalue weighted by Gasteiger charge is -2.45. The summed E-state index contributed by atoms with van der Waals surface area (Å²) >= 11 is 1.57. The van der Waals surface area contributed by atoms with E-state index in [9.17, 15) is 24.6 Å². The van der Waals surface area contributed by atoms with Crippen LogP contribution in [0.25, 0.3) is 0 Å². The number of amides is 2. The van der Waals surface area contributed by atoms with Gasteiger partial charge in [0.1, 0.15) is 0 Å². The number of aliphatic hydroxyl groups is 1. The highest BCUT2D eigenvalue weighted by molar-refractivity contribution is 8.03. The first kappa shape index (κ1) is 22.4. The normalized spacial score (nSPS) is 38.2. The summed E-state index contributed by atoms with van der Waals surface area (Å²) in [6.07, 6.45) is 0.349. The Labute approximate surface area is 184 Å². The number of ether oxygens (including phenoxy) is 1. The Balaban J connectivity index is 1.40. The molecular weight excluding hydrogens is 424 g/mol. The van der Waals surface area contributed by atoms with E-state index in [1.807, 2.05) is 6.92 Å². The molecule has 172 valence electrons. The molecule has 4 aliphatic rings. The zero-order valence-electron chi connectivity index (χ0n) is 17.6. The molecule has 0 saturated carbocycles. The summed E-state index contributed by atoms with van der Waals surface area (Å²) in [5, 5.41) is 26.1. The van der Waals surface area contributed by atoms with E-state index in [1.54, 1.807) is 18.7 Å². The second-order valence-corrected chi connectivity index (χ2v) is 10.4. The third-order valence-corrected chi connectivity index (χ3v) is 8.40. The molecule has 0 spiro atoms. The first-order valence-electron chi connectivity index (χ1n) is 10.8. The third-order valence-electron chi connectivity index (χ3n) is 6.91. The number of nitrogens with one attached hydrogen (secondary N) is 2. The summed E-state index contributed by atoms with van der Waals surface area (Å²) in [6, 6.07) is -0.216. The van der Waals surface area contributed by atoms with Crippen molar-refractivity contribution < 1.29 is 29.3 Å². The number of fused-ring (bicyclic) bond motifs is 1. The van der Waals surface area contributed by atoms with Crippen LogP contribution in [0.3, 0.4) is 0 Å². The molecule has 8 atom stereocenters. The molecule has 3 saturated heterocycles. The average Bonchev–Trinajstić information content (AvgIpc) is 3.36. The van der Waals surface area contributed by atoms with Crippen LogP contribution in [0.4, 0.5) is 4.79 Å². The number of thioether (sulfide) groups is 1. The van der Waals surface area contributed by atoms with E-state index >= 15 is 0 Å². The predicted molar refractivity (Wildman–Crippen MR) is 113 cm³/mol. The lowest BCUT2D eigenvalue weighted by atomic mass is 9.79. The SMILES string of the molecule is C[C@@H](O)[C@H]1C(=O)N2C(OC(=O)O)=C(S[C@@H]3CN[C@H](CC4CN[C@H](C(N)=O)C4)C3)[C@H](C)[C@H]12. The van der Waals surface area contributed by atoms with Crippen LogP contribution >= 0.6 is 11.8 Å². The molecule has 31 heavy (non-hydrogen) atoms. The lowest BCUT2D eigenvalue weighted by Crippen LogP contribution is -2.63. The van der Waals surface area contributed by atoms with Crippen LogP contribution in [-0.4, -0.2) is 75.7 Å². The molecule has 11 heteroatoms. The zero-order valence-corrected chi connectivity index (χ0v) is 18.4. The van der Waals surface area contributed by atoms with Crippen molar-refractivity contribution in [3.05, 3.63) is 10.8 Å². The molecular formula is C20H30N4O6S. The maximum absolute atomic E-state index is 12.5. The van der Waals surface area contributed by atoms with E-state index in [0.29, 0.717) is 12.0 Å². The average molecular weight is 455 g/mol. The van der Waals surface area contributed by atoms with Gasteiger partial charge in [-0.3, -0.25) is 14.5 Å². The minimum absolute atomic E-state index is 0.102. The number of nitrogens with two attached hydrogens (primary N) is 1. The summed E-state index contributed by atoms with van der Waals surface area (Å²) in [4.78, 5) is 37.3. The van der Waals surface area contributed by atoms with E-state index in [-0.39, 0.29) is 40.9 Å². The standard InChI is InChI=1S/C20H30N4O6S/c1-8-15-14(9(2)25)18(27)24(15)19(30-20(28)29)16(8)31-12-5-11(22-7-12)3-10-4-13(17(21)26)23-6-10/h8-15,22-23,25H,3-7H2,1-2H3,(H2,21,26)(H,28,29)/t8-,9-,10?,11-,12+,13+,14-,15-/m1/s1. The Morgan fingerprint density at radius 1 is 1.32 bits per heavy atom. The number of β-lactam (4-membered cyclic amide) rings is 1. The van der Waals surface area contributed by atoms with Crippen LogP contribution in [-0.2, 0) is 14.3 Å². The molecule has 0 radical (unpaired) electrons. The fraction of sp³-hybridized carbons (Fsp3) is 0.750. The highest BCUT2D eigenvalue weighted by Gasteiger charge is 2.60. The third kappa shape index (κ3) is 4.15. The van der Waals surface area contributed by atoms with Crippen LogP contribution in [0, 0.1) is 17.8 Å². The molecule has 4 aliphatic heterocycles. The monoisotopic (exact) mass is 454 g/mol. The number of nitrogens with zero attached hydrogens (tertiary/aromatic N) is 1. The van der Waals surface area contributed by atoms with Crippen molar-refractivity contribution >= 4 is 29.7 Å². The topological polar surface area (TPSA) is 154 Å². The number of aliphatic hydroxyl groups excluding tert-OH is 1. The smallest absolute Gasteiger partial charge is 0.449 e. The van der Waals surface area contributed by atoms with Gasteiger partial charge in [-0.2, -0.15) is 0 Å². The summed E-state index contributed by atoms with van der Waals surface area (Å²) in [7, 11) is 0. The van der Waals surface area contributed by atoms with Gasteiger partial charge in [-0.15, -0.1) is 11.8 Å². The maximum atomic E-state index is 12.5. The van der Waals surface area contributed by atoms with Crippen LogP contribution in [0.5, 0.6) is 0 Å². The van der Waals surface area contributed by atoms with Gasteiger partial charge in [0.05, 0.1) is 29.0 Å². The van der Waals surface area contributed by atoms with E-state index in [4.69, 9.17) is 10.5 Å². The van der Waals surface area contributed by atoms with E-state index < -0.39 is 18.2 Å². The number of carbonyl (C=O) groups is 3. The molecule has 3 fully saturated rings. The number of hydrogen-bond acceptors (Lipinski definition) is 8. The summed E-state index contributed by atoms with van der Waals surface area (Å²) < 4.78 is 5.03. The molecule has 2 amide bonds. The van der Waals surface area contributed by atoms with Gasteiger partial charge in [0.25, 0.3) is 0 Å². The first-order chi connectivity index (χ1) is 14.7. The van der Waals surface area contributed by atoms with Gasteiger partial charge in [0.15, 0.2) is 0 Å². The minimum atomic E-state index is -1.45. The Hall–Kier alpha value is -1.82. The molecule has 4 rings (SSSR count). The van der Waals surface area contributed by atoms with Gasteiger partial charge in [-0.25, -0.2) is 4.79 Å². The Kier molecular flexibility index (Phi) is 6.21. The van der Waals surface area contributed by atoms with Crippen molar-refractivity contribution in [1.82, 2.24) is 15.5 Å². The molecule has 10 nitrogen and oxygen atoms in total. The molecule has 6 N–H and O–H groups in total. The maximum Gasteiger partial charge on any atom is 0.512 e. The van der Waals surface area contributed by atoms with E-state index in [1.165, 1.54) is 4.90 Å². The number of carboxylic acid groups (broad SMARTS) is 1. The van der Waals surface area contributed by atoms with E-state index in [0.717, 1.165) is 37.3 Å². The summed E-state index contributed by atoms with van der Waals surface area (Å²) in [5.74, 6) is -0.753. The first-order valence-corrected chi connectivity index (χ1v) is 11.6. The molecule has 4 heterocycles. The molecule has 0 aromatic rings. The van der Waals surface area contributed by atoms with Crippen LogP contribution in [0.15, 0.2) is 10.8 Å². The Bertz CT molecular complexity index is 805. The Morgan fingerprint density at radius 2 is 2.06 bits per heavy atom. The van der Waals surface area contributed by atoms with E-state index in [2.05, 4.69) is 10.6 Å². The van der Waals surface area contributed by atoms with Crippen molar-refractivity contribution in [1.29, 1.82) is 0 Å². The molecule has 0 aromatic heterocycles. The van der Waals surface area contributed by atoms with Crippen LogP contribution in [0.2, 0.25) is 0 Å². The van der Waals surface area contributed by atoms with Crippen LogP contribution in [0.1, 0.15) is 33.1 Å². The predicted octanol–water partition coefficient (Wildman–Crippen LogP) is 0.0248. The molecule has 1 unspecified atom stereocenters. The Morgan fingerprint density at radius 3 is 2.68 bits per heavy atom. The van der Waals surface area contributed by atoms with Crippen molar-refractivity contribution in [2.45, 2.75) is 62.6 Å². The number of primary amides is 1. The minimum Gasteiger partial charge on any atom is -0.449 e. The summed E-state index contributed by atoms with van der Waals surface area (Å²) in [6.45, 7) is 5.08. The van der Waals surface area contributed by atoms with Crippen molar-refractivity contribution in [3.63, 3.8) is 0 Å². The lowest BCUT2D eigenvalue weighted by molar-refractivity contribution is -0.163. The second kappa shape index (κ2) is 8.61. The van der Waals surface area contributed by atoms with Gasteiger partial charge in [0, 0.05) is 23.8 Å². The quantitative estimate of drug-likeness (QED) is 0.265. The zero-order chi connectivity index (χ0) is 22.4. The molecule has 0 aromatic carbocycles. The molecule has 0 bridgehead atoms. The van der Waals surface area contributed by atoms with Crippen molar-refractivity contribution in [2.24, 2.45) is 23.5 Å². The van der Waals surface area contributed by atoms with Gasteiger partial charge in [-0.1, -0.05) is 6.92 Å².